The molecule has 2 aromatic carbocycles. The number of halogens is 1. The van der Waals surface area contributed by atoms with Crippen molar-refractivity contribution in [1.82, 2.24) is 0 Å². The second kappa shape index (κ2) is 17.3. The van der Waals surface area contributed by atoms with Crippen molar-refractivity contribution in [3.05, 3.63) is 75.2 Å². The molecule has 3 rings (SSSR count). The van der Waals surface area contributed by atoms with Gasteiger partial charge in [-0.1, -0.05) is 125 Å². The lowest BCUT2D eigenvalue weighted by atomic mass is 10.1. The number of anilines is 1. The van der Waals surface area contributed by atoms with Crippen LogP contribution < -0.4 is 14.6 Å². The number of amides is 1. The standard InChI is InChI=1S/C32H43ClN2O2S/c1-3-4-5-6-7-8-9-10-11-12-13-16-22-37-31-29(33)20-17-21-30(31)34-32(36)28-19-15-14-18-27(28)23-35-25-38-24-26(35)2/h14-15,17-21,24-25H,3-13,16,22-23H2,1-2H3/p+1. The lowest BCUT2D eigenvalue weighted by Crippen LogP contribution is -2.35. The number of unbranched alkanes of at least 4 members (excludes halogenated alkanes) is 11. The SMILES string of the molecule is CCCCCCCCCCCCCCOc1c(Cl)cccc1NC(=O)c1ccccc1C[n+]1cscc1C. The number of aromatic nitrogens is 1. The topological polar surface area (TPSA) is 42.2 Å². The molecule has 0 radical (unpaired) electrons. The van der Waals surface area contributed by atoms with E-state index in [1.807, 2.05) is 36.4 Å². The third kappa shape index (κ3) is 10.1. The zero-order valence-electron chi connectivity index (χ0n) is 23.1. The molecule has 3 aromatic rings. The van der Waals surface area contributed by atoms with E-state index in [4.69, 9.17) is 16.3 Å². The summed E-state index contributed by atoms with van der Waals surface area (Å²) in [7, 11) is 0. The maximum Gasteiger partial charge on any atom is 0.256 e. The van der Waals surface area contributed by atoms with Crippen molar-refractivity contribution < 1.29 is 14.1 Å². The predicted octanol–water partition coefficient (Wildman–Crippen LogP) is 9.38. The first-order valence-corrected chi connectivity index (χ1v) is 15.6. The molecule has 0 fully saturated rings. The van der Waals surface area contributed by atoms with E-state index in [2.05, 4.69) is 34.6 Å². The summed E-state index contributed by atoms with van der Waals surface area (Å²) in [6, 6.07) is 13.2. The van der Waals surface area contributed by atoms with Crippen LogP contribution in [0.3, 0.4) is 0 Å². The third-order valence-electron chi connectivity index (χ3n) is 6.94. The van der Waals surface area contributed by atoms with Crippen LogP contribution in [0.1, 0.15) is 106 Å². The molecule has 0 aliphatic rings. The molecule has 0 spiro atoms. The number of aryl methyl sites for hydroxylation is 1. The Hall–Kier alpha value is -2.37. The molecule has 0 saturated heterocycles. The molecule has 0 aliphatic heterocycles. The number of carbonyl (C=O) groups excluding carboxylic acids is 1. The molecular formula is C32H44ClN2O2S+. The van der Waals surface area contributed by atoms with Crippen molar-refractivity contribution >= 4 is 34.5 Å². The molecule has 4 nitrogen and oxygen atoms in total. The van der Waals surface area contributed by atoms with E-state index in [0.717, 1.165) is 18.4 Å². The second-order valence-electron chi connectivity index (χ2n) is 10.1. The number of ether oxygens (including phenoxy) is 1. The van der Waals surface area contributed by atoms with Gasteiger partial charge >= 0.3 is 0 Å². The van der Waals surface area contributed by atoms with Crippen LogP contribution in [0.15, 0.2) is 53.4 Å². The minimum Gasteiger partial charge on any atom is -0.490 e. The Labute approximate surface area is 238 Å². The lowest BCUT2D eigenvalue weighted by Gasteiger charge is -2.15. The second-order valence-corrected chi connectivity index (χ2v) is 11.2. The Morgan fingerprint density at radius 1 is 0.895 bits per heavy atom. The minimum atomic E-state index is -0.161. The van der Waals surface area contributed by atoms with Gasteiger partial charge in [0.05, 0.1) is 22.7 Å². The first-order chi connectivity index (χ1) is 18.6. The van der Waals surface area contributed by atoms with Crippen LogP contribution in [0.5, 0.6) is 5.75 Å². The van der Waals surface area contributed by atoms with Gasteiger partial charge in [0.1, 0.15) is 0 Å². The summed E-state index contributed by atoms with van der Waals surface area (Å²) in [5.41, 5.74) is 5.47. The van der Waals surface area contributed by atoms with E-state index in [1.165, 1.54) is 69.9 Å². The van der Waals surface area contributed by atoms with Gasteiger partial charge in [-0.25, -0.2) is 0 Å². The van der Waals surface area contributed by atoms with E-state index >= 15 is 0 Å². The normalized spacial score (nSPS) is 11.0. The Morgan fingerprint density at radius 3 is 2.21 bits per heavy atom. The monoisotopic (exact) mass is 555 g/mol. The van der Waals surface area contributed by atoms with E-state index in [1.54, 1.807) is 17.4 Å². The maximum absolute atomic E-state index is 13.3. The van der Waals surface area contributed by atoms with Crippen LogP contribution in [0.4, 0.5) is 5.69 Å². The molecule has 206 valence electrons. The number of nitrogens with zero attached hydrogens (tertiary/aromatic N) is 1. The van der Waals surface area contributed by atoms with Gasteiger partial charge in [-0.2, -0.15) is 4.57 Å². The molecular weight excluding hydrogens is 512 g/mol. The van der Waals surface area contributed by atoms with Gasteiger partial charge in [0, 0.05) is 18.1 Å². The first kappa shape index (κ1) is 30.2. The summed E-state index contributed by atoms with van der Waals surface area (Å²) in [5.74, 6) is 0.387. The van der Waals surface area contributed by atoms with E-state index < -0.39 is 0 Å². The highest BCUT2D eigenvalue weighted by molar-refractivity contribution is 7.07. The van der Waals surface area contributed by atoms with Crippen molar-refractivity contribution in [1.29, 1.82) is 0 Å². The number of hydrogen-bond donors (Lipinski definition) is 1. The minimum absolute atomic E-state index is 0.161. The summed E-state index contributed by atoms with van der Waals surface area (Å²) in [6.45, 7) is 5.58. The Balaban J connectivity index is 1.44. The van der Waals surface area contributed by atoms with Crippen molar-refractivity contribution in [2.45, 2.75) is 97.4 Å². The largest absolute Gasteiger partial charge is 0.490 e. The third-order valence-corrected chi connectivity index (χ3v) is 8.09. The Morgan fingerprint density at radius 2 is 1.55 bits per heavy atom. The summed E-state index contributed by atoms with van der Waals surface area (Å²) >= 11 is 8.13. The highest BCUT2D eigenvalue weighted by Crippen LogP contribution is 2.33. The summed E-state index contributed by atoms with van der Waals surface area (Å²) in [5, 5.41) is 5.66. The molecule has 0 unspecified atom stereocenters. The molecule has 1 aromatic heterocycles. The number of para-hydroxylation sites is 1. The van der Waals surface area contributed by atoms with Crippen LogP contribution in [0, 0.1) is 6.92 Å². The van der Waals surface area contributed by atoms with Gasteiger partial charge in [0.2, 0.25) is 5.51 Å². The van der Waals surface area contributed by atoms with Crippen LogP contribution in [0.2, 0.25) is 5.02 Å². The van der Waals surface area contributed by atoms with Gasteiger partial charge in [-0.05, 0) is 24.6 Å². The smallest absolute Gasteiger partial charge is 0.256 e. The van der Waals surface area contributed by atoms with Crippen LogP contribution in [0.25, 0.3) is 0 Å². The van der Waals surface area contributed by atoms with E-state index in [9.17, 15) is 4.79 Å². The number of benzene rings is 2. The molecule has 0 saturated carbocycles. The average Bonchev–Trinajstić information content (AvgIpc) is 3.32. The molecule has 38 heavy (non-hydrogen) atoms. The average molecular weight is 556 g/mol. The molecule has 6 heteroatoms. The molecule has 1 N–H and O–H groups in total. The molecule has 0 bridgehead atoms. The highest BCUT2D eigenvalue weighted by atomic mass is 35.5. The molecule has 0 atom stereocenters. The Bertz CT molecular complexity index is 1110. The molecule has 0 aliphatic carbocycles. The molecule has 1 amide bonds. The van der Waals surface area contributed by atoms with Gasteiger partial charge in [-0.3, -0.25) is 4.79 Å². The highest BCUT2D eigenvalue weighted by Gasteiger charge is 2.18. The lowest BCUT2D eigenvalue weighted by molar-refractivity contribution is -0.689. The van der Waals surface area contributed by atoms with E-state index in [-0.39, 0.29) is 5.91 Å². The van der Waals surface area contributed by atoms with Crippen LogP contribution >= 0.6 is 22.9 Å². The zero-order valence-corrected chi connectivity index (χ0v) is 24.7. The van der Waals surface area contributed by atoms with Crippen LogP contribution in [-0.2, 0) is 6.54 Å². The number of nitrogens with one attached hydrogen (secondary N) is 1. The van der Waals surface area contributed by atoms with Gasteiger partial charge in [-0.15, -0.1) is 0 Å². The fourth-order valence-electron chi connectivity index (χ4n) is 4.64. The van der Waals surface area contributed by atoms with Crippen molar-refractivity contribution in [3.8, 4) is 5.75 Å². The van der Waals surface area contributed by atoms with E-state index in [0.29, 0.717) is 35.2 Å². The summed E-state index contributed by atoms with van der Waals surface area (Å²) in [6.07, 6.45) is 15.6. The number of thiazole rings is 1. The fourth-order valence-corrected chi connectivity index (χ4v) is 5.65. The summed E-state index contributed by atoms with van der Waals surface area (Å²) in [4.78, 5) is 13.3. The zero-order chi connectivity index (χ0) is 27.0. The number of carbonyl (C=O) groups is 1. The molecule has 1 heterocycles. The Kier molecular flexibility index (Phi) is 13.7. The fraction of sp³-hybridized carbons (Fsp3) is 0.500. The van der Waals surface area contributed by atoms with Gasteiger partial charge in [0.15, 0.2) is 18.0 Å². The van der Waals surface area contributed by atoms with Crippen molar-refractivity contribution in [3.63, 3.8) is 0 Å². The summed E-state index contributed by atoms with van der Waals surface area (Å²) < 4.78 is 8.23. The number of rotatable bonds is 18. The van der Waals surface area contributed by atoms with Crippen molar-refractivity contribution in [2.75, 3.05) is 11.9 Å². The van der Waals surface area contributed by atoms with Crippen LogP contribution in [-0.4, -0.2) is 12.5 Å². The predicted molar refractivity (Wildman–Crippen MR) is 161 cm³/mol. The number of hydrogen-bond acceptors (Lipinski definition) is 3. The quantitative estimate of drug-likeness (QED) is 0.125. The van der Waals surface area contributed by atoms with Crippen molar-refractivity contribution in [2.24, 2.45) is 0 Å². The van der Waals surface area contributed by atoms with Gasteiger partial charge in [0.25, 0.3) is 5.91 Å². The van der Waals surface area contributed by atoms with Gasteiger partial charge < -0.3 is 10.1 Å². The maximum atomic E-state index is 13.3. The first-order valence-electron chi connectivity index (χ1n) is 14.3.